The van der Waals surface area contributed by atoms with Crippen LogP contribution in [-0.2, 0) is 40.5 Å². The van der Waals surface area contributed by atoms with E-state index < -0.39 is 76.5 Å². The average Bonchev–Trinajstić information content (AvgIpc) is 2.96. The van der Waals surface area contributed by atoms with Gasteiger partial charge in [-0.1, -0.05) is 6.07 Å². The molecule has 0 radical (unpaired) electrons. The van der Waals surface area contributed by atoms with E-state index in [0.29, 0.717) is 35.1 Å². The first-order chi connectivity index (χ1) is 22.1. The molecule has 0 saturated carbocycles. The number of hydrogen-bond donors (Lipinski definition) is 5. The summed E-state index contributed by atoms with van der Waals surface area (Å²) < 4.78 is 135. The van der Waals surface area contributed by atoms with Crippen molar-refractivity contribution in [3.8, 4) is 0 Å². The highest BCUT2D eigenvalue weighted by Gasteiger charge is 2.25. The maximum absolute atomic E-state index is 12.3. The second-order valence-electron chi connectivity index (χ2n) is 10.1. The molecule has 5 aromatic rings. The zero-order chi connectivity index (χ0) is 35.4. The van der Waals surface area contributed by atoms with Gasteiger partial charge in [-0.2, -0.15) is 38.8 Å². The molecule has 0 atom stereocenters. The number of benzene rings is 5. The van der Waals surface area contributed by atoms with Gasteiger partial charge in [-0.05, 0) is 84.6 Å². The third-order valence-corrected chi connectivity index (χ3v) is 10.3. The van der Waals surface area contributed by atoms with E-state index in [0.717, 1.165) is 18.2 Å². The summed E-state index contributed by atoms with van der Waals surface area (Å²) in [5, 5.41) is 15.6. The molecule has 250 valence electrons. The topological polar surface area (TPSA) is 293 Å². The van der Waals surface area contributed by atoms with Crippen LogP contribution in [0.2, 0.25) is 0 Å². The van der Waals surface area contributed by atoms with Crippen LogP contribution in [0.3, 0.4) is 0 Å². The van der Waals surface area contributed by atoms with E-state index in [4.69, 9.17) is 5.73 Å². The molecule has 0 aromatic heterocycles. The molecule has 17 nitrogen and oxygen atoms in total. The van der Waals surface area contributed by atoms with Crippen LogP contribution in [-0.4, -0.2) is 51.9 Å². The zero-order valence-electron chi connectivity index (χ0n) is 24.0. The summed E-state index contributed by atoms with van der Waals surface area (Å²) in [6.45, 7) is 1.74. The minimum Gasteiger partial charge on any atom is -0.399 e. The van der Waals surface area contributed by atoms with E-state index in [9.17, 15) is 51.9 Å². The van der Waals surface area contributed by atoms with Crippen molar-refractivity contribution in [3.63, 3.8) is 0 Å². The molecule has 0 aliphatic heterocycles. The van der Waals surface area contributed by atoms with Crippen LogP contribution in [0.1, 0.15) is 5.56 Å². The Kier molecular flexibility index (Phi) is 8.69. The standard InChI is InChI=1S/C27H21N5O12S4/c1-14-8-16(28)2-5-22(14)29-31-24-7-6-23(19-4-3-17(11-21(19)24)45(33,34)35)30-32-25-13-20-15(10-27(25)48(42,43)44)9-18(46(36,37)38)12-26(20)47(39,40)41/h2-13H,28H2,1H3,(H,33,34,35)(H,36,37,38)(H,39,40,41)(H,42,43,44). The van der Waals surface area contributed by atoms with Gasteiger partial charge in [-0.25, -0.2) is 0 Å². The van der Waals surface area contributed by atoms with E-state index in [2.05, 4.69) is 20.5 Å². The SMILES string of the molecule is Cc1cc(N)ccc1N=Nc1ccc(N=Nc2cc3c(S(=O)(=O)O)cc(S(=O)(=O)O)cc3cc2S(=O)(=O)O)c2ccc(S(=O)(=O)O)cc12. The van der Waals surface area contributed by atoms with Gasteiger partial charge in [0, 0.05) is 21.8 Å². The Labute approximate surface area is 272 Å². The fourth-order valence-electron chi connectivity index (χ4n) is 4.60. The normalized spacial score (nSPS) is 13.3. The highest BCUT2D eigenvalue weighted by atomic mass is 32.2. The van der Waals surface area contributed by atoms with Gasteiger partial charge in [-0.3, -0.25) is 18.2 Å². The summed E-state index contributed by atoms with van der Waals surface area (Å²) >= 11 is 0. The Balaban J connectivity index is 1.73. The quantitative estimate of drug-likeness (QED) is 0.0726. The molecule has 0 aliphatic rings. The van der Waals surface area contributed by atoms with Gasteiger partial charge in [0.1, 0.15) is 15.5 Å². The van der Waals surface area contributed by atoms with Crippen LogP contribution < -0.4 is 5.73 Å². The summed E-state index contributed by atoms with van der Waals surface area (Å²) in [7, 11) is -20.1. The van der Waals surface area contributed by atoms with Gasteiger partial charge in [0.2, 0.25) is 0 Å². The van der Waals surface area contributed by atoms with Crippen LogP contribution in [0.25, 0.3) is 21.5 Å². The molecule has 0 fully saturated rings. The van der Waals surface area contributed by atoms with Gasteiger partial charge in [0.05, 0.1) is 26.9 Å². The van der Waals surface area contributed by atoms with Crippen molar-refractivity contribution in [1.29, 1.82) is 0 Å². The minimum atomic E-state index is -5.18. The van der Waals surface area contributed by atoms with Crippen LogP contribution in [0.5, 0.6) is 0 Å². The first-order valence-corrected chi connectivity index (χ1v) is 18.7. The maximum atomic E-state index is 12.3. The molecule has 6 N–H and O–H groups in total. The molecule has 0 spiro atoms. The monoisotopic (exact) mass is 735 g/mol. The lowest BCUT2D eigenvalue weighted by Crippen LogP contribution is -2.05. The number of fused-ring (bicyclic) bond motifs is 2. The van der Waals surface area contributed by atoms with E-state index in [1.165, 1.54) is 18.2 Å². The number of nitrogens with zero attached hydrogens (tertiary/aromatic N) is 4. The molecule has 0 heterocycles. The van der Waals surface area contributed by atoms with Gasteiger partial charge < -0.3 is 5.73 Å². The molecule has 5 aromatic carbocycles. The summed E-state index contributed by atoms with van der Waals surface area (Å²) in [4.78, 5) is -3.51. The number of azo groups is 2. The Morgan fingerprint density at radius 1 is 0.479 bits per heavy atom. The molecule has 48 heavy (non-hydrogen) atoms. The van der Waals surface area contributed by atoms with Crippen molar-refractivity contribution in [2.75, 3.05) is 5.73 Å². The molecule has 0 aliphatic carbocycles. The fourth-order valence-corrected chi connectivity index (χ4v) is 7.10. The lowest BCUT2D eigenvalue weighted by Gasteiger charge is -2.10. The largest absolute Gasteiger partial charge is 0.399 e. The summed E-state index contributed by atoms with van der Waals surface area (Å²) in [5.74, 6) is 0. The van der Waals surface area contributed by atoms with Crippen molar-refractivity contribution in [2.45, 2.75) is 26.5 Å². The highest BCUT2D eigenvalue weighted by molar-refractivity contribution is 7.87. The van der Waals surface area contributed by atoms with Crippen LogP contribution in [0, 0.1) is 6.92 Å². The summed E-state index contributed by atoms with van der Waals surface area (Å²) in [6, 6.07) is 13.5. The van der Waals surface area contributed by atoms with Crippen molar-refractivity contribution in [1.82, 2.24) is 0 Å². The maximum Gasteiger partial charge on any atom is 0.296 e. The molecular weight excluding hydrogens is 715 g/mol. The van der Waals surface area contributed by atoms with Gasteiger partial charge in [0.15, 0.2) is 0 Å². The lowest BCUT2D eigenvalue weighted by atomic mass is 10.1. The van der Waals surface area contributed by atoms with E-state index in [1.54, 1.807) is 25.1 Å². The fraction of sp³-hybridized carbons (Fsp3) is 0.0370. The number of anilines is 1. The number of aryl methyl sites for hydroxylation is 1. The average molecular weight is 736 g/mol. The second kappa shape index (κ2) is 12.1. The Morgan fingerprint density at radius 2 is 1.02 bits per heavy atom. The van der Waals surface area contributed by atoms with E-state index in [1.807, 2.05) is 0 Å². The summed E-state index contributed by atoms with van der Waals surface area (Å²) in [5.41, 5.74) is 6.80. The molecule has 0 unspecified atom stereocenters. The van der Waals surface area contributed by atoms with Gasteiger partial charge in [-0.15, -0.1) is 15.3 Å². The smallest absolute Gasteiger partial charge is 0.296 e. The van der Waals surface area contributed by atoms with E-state index >= 15 is 0 Å². The van der Waals surface area contributed by atoms with Crippen molar-refractivity contribution >= 4 is 90.5 Å². The Hall–Kier alpha value is -4.74. The molecule has 0 bridgehead atoms. The van der Waals surface area contributed by atoms with Crippen LogP contribution in [0.4, 0.5) is 28.4 Å². The molecule has 5 rings (SSSR count). The highest BCUT2D eigenvalue weighted by Crippen LogP contribution is 2.39. The molecule has 0 amide bonds. The van der Waals surface area contributed by atoms with Gasteiger partial charge >= 0.3 is 0 Å². The predicted molar refractivity (Wildman–Crippen MR) is 171 cm³/mol. The number of nitrogens with two attached hydrogens (primary N) is 1. The van der Waals surface area contributed by atoms with Gasteiger partial charge in [0.25, 0.3) is 40.5 Å². The molecule has 21 heteroatoms. The van der Waals surface area contributed by atoms with Crippen LogP contribution in [0.15, 0.2) is 113 Å². The van der Waals surface area contributed by atoms with Crippen LogP contribution >= 0.6 is 0 Å². The second-order valence-corrected chi connectivity index (χ2v) is 15.7. The lowest BCUT2D eigenvalue weighted by molar-refractivity contribution is 0.479. The number of rotatable bonds is 8. The van der Waals surface area contributed by atoms with Crippen molar-refractivity contribution in [3.05, 3.63) is 78.4 Å². The Morgan fingerprint density at radius 3 is 1.58 bits per heavy atom. The molecular formula is C27H21N5O12S4. The predicted octanol–water partition coefficient (Wildman–Crippen LogP) is 5.70. The van der Waals surface area contributed by atoms with Crippen molar-refractivity contribution < 1.29 is 51.9 Å². The van der Waals surface area contributed by atoms with E-state index in [-0.39, 0.29) is 22.1 Å². The third-order valence-electron chi connectivity index (χ3n) is 6.81. The summed E-state index contributed by atoms with van der Waals surface area (Å²) in [6.07, 6.45) is 0. The molecule has 0 saturated heterocycles. The first kappa shape index (κ1) is 34.6. The minimum absolute atomic E-state index is 0.0346. The zero-order valence-corrected chi connectivity index (χ0v) is 27.2. The number of hydrogen-bond acceptors (Lipinski definition) is 13. The third kappa shape index (κ3) is 7.22. The first-order valence-electron chi connectivity index (χ1n) is 12.9. The van der Waals surface area contributed by atoms with Crippen molar-refractivity contribution in [2.24, 2.45) is 20.5 Å². The Bertz CT molecular complexity index is 2700. The number of nitrogen functional groups attached to an aromatic ring is 1.